The monoisotopic (exact) mass is 283 g/mol. The molecule has 0 radical (unpaired) electrons. The van der Waals surface area contributed by atoms with Crippen LogP contribution in [-0.4, -0.2) is 33.8 Å². The lowest BCUT2D eigenvalue weighted by Gasteiger charge is -2.20. The highest BCUT2D eigenvalue weighted by atomic mass is 32.2. The summed E-state index contributed by atoms with van der Waals surface area (Å²) in [5, 5.41) is 6.81. The van der Waals surface area contributed by atoms with Gasteiger partial charge >= 0.3 is 0 Å². The van der Waals surface area contributed by atoms with E-state index in [0.717, 1.165) is 38.0 Å². The van der Waals surface area contributed by atoms with Crippen molar-refractivity contribution in [3.8, 4) is 0 Å². The molecule has 1 unspecified atom stereocenters. The molecular formula is C13H21N3O2S. The molecule has 19 heavy (non-hydrogen) atoms. The summed E-state index contributed by atoms with van der Waals surface area (Å²) >= 11 is 0. The van der Waals surface area contributed by atoms with E-state index < -0.39 is 10.0 Å². The van der Waals surface area contributed by atoms with Crippen LogP contribution in [0.3, 0.4) is 0 Å². The molecule has 1 heterocycles. The van der Waals surface area contributed by atoms with Crippen LogP contribution >= 0.6 is 0 Å². The molecule has 1 aromatic rings. The molecule has 106 valence electrons. The van der Waals surface area contributed by atoms with Crippen LogP contribution in [0.15, 0.2) is 24.3 Å². The van der Waals surface area contributed by atoms with Crippen LogP contribution in [0.1, 0.15) is 19.3 Å². The van der Waals surface area contributed by atoms with E-state index in [1.807, 2.05) is 18.2 Å². The number of hydrogen-bond acceptors (Lipinski definition) is 4. The van der Waals surface area contributed by atoms with Gasteiger partial charge < -0.3 is 10.6 Å². The first-order chi connectivity index (χ1) is 9.04. The third-order valence-corrected chi connectivity index (χ3v) is 3.75. The average Bonchev–Trinajstić information content (AvgIpc) is 2.58. The van der Waals surface area contributed by atoms with Crippen LogP contribution in [-0.2, 0) is 10.0 Å². The Bertz CT molecular complexity index is 508. The van der Waals surface area contributed by atoms with Crippen molar-refractivity contribution in [3.05, 3.63) is 24.3 Å². The van der Waals surface area contributed by atoms with Crippen molar-refractivity contribution in [3.63, 3.8) is 0 Å². The second-order valence-electron chi connectivity index (χ2n) is 4.94. The van der Waals surface area contributed by atoms with Crippen LogP contribution in [0.4, 0.5) is 11.4 Å². The Labute approximate surface area is 114 Å². The molecule has 6 heteroatoms. The fraction of sp³-hybridized carbons (Fsp3) is 0.538. The zero-order chi connectivity index (χ0) is 13.7. The van der Waals surface area contributed by atoms with Gasteiger partial charge in [0.15, 0.2) is 0 Å². The lowest BCUT2D eigenvalue weighted by Crippen LogP contribution is -2.22. The summed E-state index contributed by atoms with van der Waals surface area (Å²) in [6.07, 6.45) is 4.45. The summed E-state index contributed by atoms with van der Waals surface area (Å²) in [6.45, 7) is 2.06. The number of nitrogens with one attached hydrogen (secondary N) is 3. The van der Waals surface area contributed by atoms with E-state index in [1.54, 1.807) is 6.07 Å². The third kappa shape index (κ3) is 4.72. The van der Waals surface area contributed by atoms with Gasteiger partial charge in [-0.1, -0.05) is 12.1 Å². The van der Waals surface area contributed by atoms with Crippen LogP contribution in [0.5, 0.6) is 0 Å². The van der Waals surface area contributed by atoms with Crippen molar-refractivity contribution in [2.24, 2.45) is 0 Å². The number of benzene rings is 1. The number of hydrogen-bond donors (Lipinski definition) is 3. The van der Waals surface area contributed by atoms with Crippen LogP contribution in [0, 0.1) is 0 Å². The standard InChI is InChI=1S/C13H21N3O2S/c1-19(17,18)16-13-7-3-2-6-12(13)15-11-5-4-9-14-10-8-11/h2-3,6-7,11,14-16H,4-5,8-10H2,1H3. The summed E-state index contributed by atoms with van der Waals surface area (Å²) in [5.41, 5.74) is 1.46. The van der Waals surface area contributed by atoms with Gasteiger partial charge in [0.05, 0.1) is 17.6 Å². The minimum absolute atomic E-state index is 0.387. The maximum atomic E-state index is 11.4. The summed E-state index contributed by atoms with van der Waals surface area (Å²) in [7, 11) is -3.25. The topological polar surface area (TPSA) is 70.2 Å². The van der Waals surface area contributed by atoms with E-state index in [4.69, 9.17) is 0 Å². The summed E-state index contributed by atoms with van der Waals surface area (Å²) in [6, 6.07) is 7.81. The molecule has 1 aliphatic heterocycles. The van der Waals surface area contributed by atoms with E-state index >= 15 is 0 Å². The quantitative estimate of drug-likeness (QED) is 0.785. The summed E-state index contributed by atoms with van der Waals surface area (Å²) in [5.74, 6) is 0. The zero-order valence-corrected chi connectivity index (χ0v) is 12.0. The van der Waals surface area contributed by atoms with Crippen molar-refractivity contribution in [2.45, 2.75) is 25.3 Å². The molecule has 3 N–H and O–H groups in total. The first-order valence-electron chi connectivity index (χ1n) is 6.59. The minimum atomic E-state index is -3.25. The highest BCUT2D eigenvalue weighted by molar-refractivity contribution is 7.92. The van der Waals surface area contributed by atoms with Gasteiger partial charge in [-0.3, -0.25) is 4.72 Å². The van der Waals surface area contributed by atoms with Crippen LogP contribution in [0.2, 0.25) is 0 Å². The van der Waals surface area contributed by atoms with E-state index in [2.05, 4.69) is 15.4 Å². The molecule has 1 fully saturated rings. The Morgan fingerprint density at radius 1 is 1.16 bits per heavy atom. The first-order valence-corrected chi connectivity index (χ1v) is 8.48. The second-order valence-corrected chi connectivity index (χ2v) is 6.69. The average molecular weight is 283 g/mol. The minimum Gasteiger partial charge on any atom is -0.381 e. The second kappa shape index (κ2) is 6.25. The highest BCUT2D eigenvalue weighted by Crippen LogP contribution is 2.24. The zero-order valence-electron chi connectivity index (χ0n) is 11.1. The van der Waals surface area contributed by atoms with Crippen molar-refractivity contribution >= 4 is 21.4 Å². The molecule has 0 aliphatic carbocycles. The molecule has 0 aromatic heterocycles. The van der Waals surface area contributed by atoms with E-state index in [9.17, 15) is 8.42 Å². The smallest absolute Gasteiger partial charge is 0.229 e. The molecule has 1 saturated heterocycles. The van der Waals surface area contributed by atoms with Crippen molar-refractivity contribution in [1.82, 2.24) is 5.32 Å². The molecule has 0 saturated carbocycles. The Morgan fingerprint density at radius 3 is 2.63 bits per heavy atom. The van der Waals surface area contributed by atoms with Gasteiger partial charge in [0.1, 0.15) is 0 Å². The Hall–Kier alpha value is -1.27. The fourth-order valence-corrected chi connectivity index (χ4v) is 2.86. The SMILES string of the molecule is CS(=O)(=O)Nc1ccccc1NC1CCCNCC1. The molecule has 2 rings (SSSR count). The maximum absolute atomic E-state index is 11.4. The normalized spacial score (nSPS) is 20.6. The molecule has 5 nitrogen and oxygen atoms in total. The molecule has 1 aromatic carbocycles. The number of sulfonamides is 1. The number of para-hydroxylation sites is 2. The van der Waals surface area contributed by atoms with Gasteiger partial charge in [0.2, 0.25) is 10.0 Å². The predicted octanol–water partition coefficient (Wildman–Crippen LogP) is 1.61. The number of anilines is 2. The van der Waals surface area contributed by atoms with Gasteiger partial charge in [-0.05, 0) is 44.5 Å². The summed E-state index contributed by atoms with van der Waals surface area (Å²) < 4.78 is 25.3. The Morgan fingerprint density at radius 2 is 1.89 bits per heavy atom. The van der Waals surface area contributed by atoms with Gasteiger partial charge in [-0.15, -0.1) is 0 Å². The van der Waals surface area contributed by atoms with E-state index in [1.165, 1.54) is 6.26 Å². The lowest BCUT2D eigenvalue weighted by atomic mass is 10.1. The van der Waals surface area contributed by atoms with Crippen molar-refractivity contribution < 1.29 is 8.42 Å². The summed E-state index contributed by atoms with van der Waals surface area (Å²) in [4.78, 5) is 0. The maximum Gasteiger partial charge on any atom is 0.229 e. The largest absolute Gasteiger partial charge is 0.381 e. The number of rotatable bonds is 4. The van der Waals surface area contributed by atoms with Crippen molar-refractivity contribution in [2.75, 3.05) is 29.4 Å². The molecular weight excluding hydrogens is 262 g/mol. The van der Waals surface area contributed by atoms with Gasteiger partial charge in [0.25, 0.3) is 0 Å². The molecule has 1 aliphatic rings. The van der Waals surface area contributed by atoms with Crippen LogP contribution < -0.4 is 15.4 Å². The molecule has 0 spiro atoms. The van der Waals surface area contributed by atoms with E-state index in [-0.39, 0.29) is 0 Å². The lowest BCUT2D eigenvalue weighted by molar-refractivity contribution is 0.606. The van der Waals surface area contributed by atoms with E-state index in [0.29, 0.717) is 11.7 Å². The highest BCUT2D eigenvalue weighted by Gasteiger charge is 2.14. The Kier molecular flexibility index (Phi) is 4.66. The molecule has 1 atom stereocenters. The van der Waals surface area contributed by atoms with Crippen LogP contribution in [0.25, 0.3) is 0 Å². The predicted molar refractivity (Wildman–Crippen MR) is 79.0 cm³/mol. The van der Waals surface area contributed by atoms with Gasteiger partial charge in [0, 0.05) is 6.04 Å². The van der Waals surface area contributed by atoms with Gasteiger partial charge in [-0.2, -0.15) is 0 Å². The fourth-order valence-electron chi connectivity index (χ4n) is 2.28. The Balaban J connectivity index is 2.10. The molecule has 0 amide bonds. The first kappa shape index (κ1) is 14.1. The van der Waals surface area contributed by atoms with Gasteiger partial charge in [-0.25, -0.2) is 8.42 Å². The third-order valence-electron chi connectivity index (χ3n) is 3.16. The van der Waals surface area contributed by atoms with Crippen molar-refractivity contribution in [1.29, 1.82) is 0 Å². The molecule has 0 bridgehead atoms.